The number of carbonyl (C=O) groups excluding carboxylic acids is 1. The summed E-state index contributed by atoms with van der Waals surface area (Å²) in [4.78, 5) is 11.0. The van der Waals surface area contributed by atoms with Crippen molar-refractivity contribution in [3.05, 3.63) is 30.4 Å². The Kier molecular flexibility index (Phi) is 2.23. The number of aromatic hydroxyl groups is 3. The zero-order valence-electron chi connectivity index (χ0n) is 6.69. The lowest BCUT2D eigenvalue weighted by Gasteiger charge is -2.03. The Labute approximate surface area is 74.4 Å². The molecule has 0 fully saturated rings. The van der Waals surface area contributed by atoms with Crippen LogP contribution in [0.2, 0.25) is 0 Å². The highest BCUT2D eigenvalue weighted by molar-refractivity contribution is 6.08. The van der Waals surface area contributed by atoms with E-state index in [9.17, 15) is 15.0 Å². The smallest absolute Gasteiger partial charge is 0.192 e. The van der Waals surface area contributed by atoms with E-state index in [1.54, 1.807) is 0 Å². The van der Waals surface area contributed by atoms with Crippen molar-refractivity contribution in [1.29, 1.82) is 0 Å². The SMILES string of the molecule is C=CC(=O)c1c(O)cc(O)cc1O. The van der Waals surface area contributed by atoms with Crippen LogP contribution in [0.5, 0.6) is 17.2 Å². The van der Waals surface area contributed by atoms with Crippen LogP contribution in [0.1, 0.15) is 10.4 Å². The Morgan fingerprint density at radius 3 is 2.08 bits per heavy atom. The molecule has 13 heavy (non-hydrogen) atoms. The fourth-order valence-electron chi connectivity index (χ4n) is 0.952. The highest BCUT2D eigenvalue weighted by Crippen LogP contribution is 2.32. The van der Waals surface area contributed by atoms with Gasteiger partial charge in [-0.05, 0) is 6.08 Å². The predicted octanol–water partition coefficient (Wildman–Crippen LogP) is 1.17. The number of hydrogen-bond donors (Lipinski definition) is 3. The van der Waals surface area contributed by atoms with Crippen molar-refractivity contribution in [3.8, 4) is 17.2 Å². The second-order valence-corrected chi connectivity index (χ2v) is 2.43. The van der Waals surface area contributed by atoms with Gasteiger partial charge in [0.2, 0.25) is 0 Å². The number of rotatable bonds is 2. The van der Waals surface area contributed by atoms with Gasteiger partial charge in [0, 0.05) is 12.1 Å². The van der Waals surface area contributed by atoms with Crippen LogP contribution < -0.4 is 0 Å². The maximum absolute atomic E-state index is 11.0. The molecule has 4 nitrogen and oxygen atoms in total. The number of phenolic OH excluding ortho intramolecular Hbond substituents is 3. The van der Waals surface area contributed by atoms with E-state index in [0.717, 1.165) is 18.2 Å². The van der Waals surface area contributed by atoms with E-state index in [2.05, 4.69) is 6.58 Å². The normalized spacial score (nSPS) is 9.54. The summed E-state index contributed by atoms with van der Waals surface area (Å²) in [5.74, 6) is -1.85. The van der Waals surface area contributed by atoms with Gasteiger partial charge in [0.25, 0.3) is 0 Å². The third-order valence-electron chi connectivity index (χ3n) is 1.51. The number of allylic oxidation sites excluding steroid dienone is 1. The first-order valence-electron chi connectivity index (χ1n) is 3.48. The summed E-state index contributed by atoms with van der Waals surface area (Å²) in [5.41, 5.74) is -0.257. The standard InChI is InChI=1S/C9H8O4/c1-2-6(11)9-7(12)3-5(10)4-8(9)13/h2-4,10,12-13H,1H2. The van der Waals surface area contributed by atoms with Crippen LogP contribution in [0.25, 0.3) is 0 Å². The fraction of sp³-hybridized carbons (Fsp3) is 0. The van der Waals surface area contributed by atoms with Gasteiger partial charge in [0.05, 0.1) is 0 Å². The average molecular weight is 180 g/mol. The molecule has 0 atom stereocenters. The summed E-state index contributed by atoms with van der Waals surface area (Å²) in [6.07, 6.45) is 0.964. The summed E-state index contributed by atoms with van der Waals surface area (Å²) in [5, 5.41) is 27.3. The number of ketones is 1. The molecule has 0 aromatic heterocycles. The van der Waals surface area contributed by atoms with Crippen molar-refractivity contribution >= 4 is 5.78 Å². The van der Waals surface area contributed by atoms with Crippen molar-refractivity contribution in [3.63, 3.8) is 0 Å². The highest BCUT2D eigenvalue weighted by atomic mass is 16.3. The highest BCUT2D eigenvalue weighted by Gasteiger charge is 2.14. The second-order valence-electron chi connectivity index (χ2n) is 2.43. The first-order valence-corrected chi connectivity index (χ1v) is 3.48. The summed E-state index contributed by atoms with van der Waals surface area (Å²) < 4.78 is 0. The maximum atomic E-state index is 11.0. The Hall–Kier alpha value is -1.97. The van der Waals surface area contributed by atoms with Gasteiger partial charge in [-0.3, -0.25) is 4.79 Å². The third kappa shape index (κ3) is 1.61. The molecular weight excluding hydrogens is 172 g/mol. The monoisotopic (exact) mass is 180 g/mol. The van der Waals surface area contributed by atoms with E-state index < -0.39 is 17.3 Å². The quantitative estimate of drug-likeness (QED) is 0.471. The van der Waals surface area contributed by atoms with Crippen molar-refractivity contribution in [2.24, 2.45) is 0 Å². The topological polar surface area (TPSA) is 77.8 Å². The van der Waals surface area contributed by atoms with Crippen LogP contribution in [-0.4, -0.2) is 21.1 Å². The molecule has 0 amide bonds. The zero-order chi connectivity index (χ0) is 10.0. The van der Waals surface area contributed by atoms with Crippen molar-refractivity contribution in [2.75, 3.05) is 0 Å². The molecular formula is C9H8O4. The van der Waals surface area contributed by atoms with E-state index in [0.29, 0.717) is 0 Å². The van der Waals surface area contributed by atoms with E-state index in [1.807, 2.05) is 0 Å². The molecule has 0 radical (unpaired) electrons. The van der Waals surface area contributed by atoms with Crippen LogP contribution >= 0.6 is 0 Å². The largest absolute Gasteiger partial charge is 0.508 e. The first kappa shape index (κ1) is 9.12. The lowest BCUT2D eigenvalue weighted by atomic mass is 10.1. The Bertz CT molecular complexity index is 345. The third-order valence-corrected chi connectivity index (χ3v) is 1.51. The van der Waals surface area contributed by atoms with E-state index in [-0.39, 0.29) is 11.3 Å². The van der Waals surface area contributed by atoms with E-state index in [4.69, 9.17) is 5.11 Å². The van der Waals surface area contributed by atoms with Crippen molar-refractivity contribution < 1.29 is 20.1 Å². The Morgan fingerprint density at radius 1 is 1.23 bits per heavy atom. The van der Waals surface area contributed by atoms with Gasteiger partial charge in [0.15, 0.2) is 5.78 Å². The van der Waals surface area contributed by atoms with Gasteiger partial charge in [0.1, 0.15) is 22.8 Å². The summed E-state index contributed by atoms with van der Waals surface area (Å²) in [6.45, 7) is 3.21. The van der Waals surface area contributed by atoms with E-state index in [1.165, 1.54) is 0 Å². The van der Waals surface area contributed by atoms with E-state index >= 15 is 0 Å². The molecule has 0 heterocycles. The van der Waals surface area contributed by atoms with Crippen LogP contribution in [0.3, 0.4) is 0 Å². The molecule has 1 rings (SSSR count). The molecule has 0 aliphatic heterocycles. The zero-order valence-corrected chi connectivity index (χ0v) is 6.69. The lowest BCUT2D eigenvalue weighted by Crippen LogP contribution is -1.94. The van der Waals surface area contributed by atoms with Gasteiger partial charge in [-0.15, -0.1) is 0 Å². The Morgan fingerprint density at radius 2 is 1.69 bits per heavy atom. The van der Waals surface area contributed by atoms with Gasteiger partial charge < -0.3 is 15.3 Å². The molecule has 0 bridgehead atoms. The second kappa shape index (κ2) is 3.18. The minimum Gasteiger partial charge on any atom is -0.508 e. The number of phenols is 3. The van der Waals surface area contributed by atoms with Gasteiger partial charge in [-0.25, -0.2) is 0 Å². The summed E-state index contributed by atoms with van der Waals surface area (Å²) >= 11 is 0. The fourth-order valence-corrected chi connectivity index (χ4v) is 0.952. The molecule has 0 unspecified atom stereocenters. The number of carbonyl (C=O) groups is 1. The summed E-state index contributed by atoms with van der Waals surface area (Å²) in [6, 6.07) is 1.94. The van der Waals surface area contributed by atoms with Gasteiger partial charge in [-0.2, -0.15) is 0 Å². The van der Waals surface area contributed by atoms with Crippen LogP contribution in [0.15, 0.2) is 24.8 Å². The molecule has 0 aliphatic rings. The average Bonchev–Trinajstić information content (AvgIpc) is 2.02. The van der Waals surface area contributed by atoms with Crippen molar-refractivity contribution in [2.45, 2.75) is 0 Å². The Balaban J connectivity index is 3.36. The van der Waals surface area contributed by atoms with Crippen LogP contribution in [-0.2, 0) is 0 Å². The minimum absolute atomic E-state index is 0.257. The number of hydrogen-bond acceptors (Lipinski definition) is 4. The predicted molar refractivity (Wildman–Crippen MR) is 46.0 cm³/mol. The first-order chi connectivity index (χ1) is 6.06. The van der Waals surface area contributed by atoms with Gasteiger partial charge in [-0.1, -0.05) is 6.58 Å². The molecule has 68 valence electrons. The molecule has 1 aromatic rings. The van der Waals surface area contributed by atoms with Crippen LogP contribution in [0, 0.1) is 0 Å². The molecule has 0 saturated carbocycles. The summed E-state index contributed by atoms with van der Waals surface area (Å²) in [7, 11) is 0. The molecule has 0 spiro atoms. The molecule has 3 N–H and O–H groups in total. The molecule has 4 heteroatoms. The van der Waals surface area contributed by atoms with Crippen molar-refractivity contribution in [1.82, 2.24) is 0 Å². The molecule has 0 aliphatic carbocycles. The lowest BCUT2D eigenvalue weighted by molar-refractivity contribution is 0.104. The molecule has 0 saturated heterocycles. The molecule has 1 aromatic carbocycles. The van der Waals surface area contributed by atoms with Crippen LogP contribution in [0.4, 0.5) is 0 Å². The maximum Gasteiger partial charge on any atom is 0.192 e. The van der Waals surface area contributed by atoms with Gasteiger partial charge >= 0.3 is 0 Å². The number of benzene rings is 1. The minimum atomic E-state index is -0.602.